The Hall–Kier alpha value is -4.34. The third-order valence-corrected chi connectivity index (χ3v) is 8.65. The standard InChI is InChI=1S/C37H45N3O6/c1-26(41)40-23-30-22-33(36(34(24-40)38-30)37(42)39(2)18-17-27-9-7-11-32(21-27)43-3)28-13-15-31(16-14-28)46-20-8-19-45-25-29-10-5-6-12-35(29)44-4/h5-7,9-16,21,30,34,38H,8,17-20,22-25H2,1-4H3/t30-,34-/m1/s1. The number of carbonyl (C=O) groups excluding carboxylic acids is 2. The molecule has 1 fully saturated rings. The highest BCUT2D eigenvalue weighted by Gasteiger charge is 2.39. The fourth-order valence-corrected chi connectivity index (χ4v) is 6.16. The monoisotopic (exact) mass is 627 g/mol. The van der Waals surface area contributed by atoms with Crippen LogP contribution in [0.4, 0.5) is 0 Å². The van der Waals surface area contributed by atoms with E-state index in [1.54, 1.807) is 26.0 Å². The van der Waals surface area contributed by atoms with Crippen LogP contribution >= 0.6 is 0 Å². The lowest BCUT2D eigenvalue weighted by molar-refractivity contribution is -0.132. The maximum absolute atomic E-state index is 14.1. The van der Waals surface area contributed by atoms with Gasteiger partial charge in [0.15, 0.2) is 0 Å². The van der Waals surface area contributed by atoms with Gasteiger partial charge in [-0.25, -0.2) is 0 Å². The molecule has 3 aromatic rings. The van der Waals surface area contributed by atoms with Gasteiger partial charge >= 0.3 is 0 Å². The number of benzene rings is 3. The molecule has 46 heavy (non-hydrogen) atoms. The van der Waals surface area contributed by atoms with Gasteiger partial charge in [0.1, 0.15) is 17.2 Å². The Bertz CT molecular complexity index is 1520. The molecule has 1 N–H and O–H groups in total. The Balaban J connectivity index is 1.23. The molecule has 9 heteroatoms. The van der Waals surface area contributed by atoms with Crippen molar-refractivity contribution in [2.24, 2.45) is 0 Å². The number of fused-ring (bicyclic) bond motifs is 2. The first kappa shape index (κ1) is 33.0. The Morgan fingerprint density at radius 2 is 1.74 bits per heavy atom. The van der Waals surface area contributed by atoms with Gasteiger partial charge in [-0.2, -0.15) is 0 Å². The van der Waals surface area contributed by atoms with Gasteiger partial charge in [-0.3, -0.25) is 9.59 Å². The predicted octanol–water partition coefficient (Wildman–Crippen LogP) is 4.74. The number of amides is 2. The van der Waals surface area contributed by atoms with Crippen molar-refractivity contribution in [2.45, 2.75) is 44.9 Å². The first-order valence-corrected chi connectivity index (χ1v) is 15.9. The minimum atomic E-state index is -0.232. The molecule has 0 unspecified atom stereocenters. The number of nitrogens with zero attached hydrogens (tertiary/aromatic N) is 2. The largest absolute Gasteiger partial charge is 0.497 e. The minimum absolute atomic E-state index is 0.0207. The molecule has 0 spiro atoms. The van der Waals surface area contributed by atoms with E-state index in [9.17, 15) is 9.59 Å². The second-order valence-corrected chi connectivity index (χ2v) is 11.9. The zero-order valence-corrected chi connectivity index (χ0v) is 27.3. The van der Waals surface area contributed by atoms with Crippen molar-refractivity contribution in [3.8, 4) is 17.2 Å². The van der Waals surface area contributed by atoms with Crippen molar-refractivity contribution in [2.75, 3.05) is 54.1 Å². The minimum Gasteiger partial charge on any atom is -0.497 e. The van der Waals surface area contributed by atoms with Gasteiger partial charge in [-0.15, -0.1) is 0 Å². The molecule has 0 aromatic heterocycles. The van der Waals surface area contributed by atoms with E-state index in [1.165, 1.54) is 0 Å². The van der Waals surface area contributed by atoms with Crippen molar-refractivity contribution in [1.82, 2.24) is 15.1 Å². The van der Waals surface area contributed by atoms with Gasteiger partial charge in [0.2, 0.25) is 5.91 Å². The zero-order valence-electron chi connectivity index (χ0n) is 27.3. The molecular formula is C37H45N3O6. The van der Waals surface area contributed by atoms with E-state index >= 15 is 0 Å². The Kier molecular flexibility index (Phi) is 11.3. The lowest BCUT2D eigenvalue weighted by Gasteiger charge is -2.44. The zero-order chi connectivity index (χ0) is 32.5. The lowest BCUT2D eigenvalue weighted by atomic mass is 9.83. The summed E-state index contributed by atoms with van der Waals surface area (Å²) in [7, 11) is 5.16. The van der Waals surface area contributed by atoms with E-state index < -0.39 is 0 Å². The summed E-state index contributed by atoms with van der Waals surface area (Å²) in [6.45, 7) is 4.86. The summed E-state index contributed by atoms with van der Waals surface area (Å²) in [4.78, 5) is 30.0. The number of hydrogen-bond donors (Lipinski definition) is 1. The molecular weight excluding hydrogens is 582 g/mol. The number of carbonyl (C=O) groups is 2. The topological polar surface area (TPSA) is 89.6 Å². The summed E-state index contributed by atoms with van der Waals surface area (Å²) in [5.74, 6) is 2.41. The van der Waals surface area contributed by atoms with Crippen LogP contribution in [0.2, 0.25) is 0 Å². The number of rotatable bonds is 14. The first-order chi connectivity index (χ1) is 22.4. The molecule has 0 radical (unpaired) electrons. The second kappa shape index (κ2) is 15.8. The van der Waals surface area contributed by atoms with Crippen LogP contribution in [0, 0.1) is 0 Å². The number of para-hydroxylation sites is 1. The number of nitrogens with one attached hydrogen (secondary N) is 1. The second-order valence-electron chi connectivity index (χ2n) is 11.9. The summed E-state index contributed by atoms with van der Waals surface area (Å²) < 4.78 is 22.6. The van der Waals surface area contributed by atoms with E-state index in [0.29, 0.717) is 52.3 Å². The van der Waals surface area contributed by atoms with E-state index in [0.717, 1.165) is 51.5 Å². The predicted molar refractivity (Wildman–Crippen MR) is 178 cm³/mol. The number of ether oxygens (including phenoxy) is 4. The summed E-state index contributed by atoms with van der Waals surface area (Å²) in [6, 6.07) is 23.6. The van der Waals surface area contributed by atoms with E-state index in [-0.39, 0.29) is 23.9 Å². The average Bonchev–Trinajstić information content (AvgIpc) is 3.08. The van der Waals surface area contributed by atoms with Gasteiger partial charge in [0.25, 0.3) is 5.91 Å². The Labute approximate surface area is 272 Å². The fraction of sp³-hybridized carbons (Fsp3) is 0.405. The fourth-order valence-electron chi connectivity index (χ4n) is 6.16. The Morgan fingerprint density at radius 1 is 0.935 bits per heavy atom. The molecule has 244 valence electrons. The first-order valence-electron chi connectivity index (χ1n) is 15.9. The molecule has 3 aromatic carbocycles. The lowest BCUT2D eigenvalue weighted by Crippen LogP contribution is -2.61. The van der Waals surface area contributed by atoms with E-state index in [1.807, 2.05) is 84.7 Å². The van der Waals surface area contributed by atoms with Crippen molar-refractivity contribution < 1.29 is 28.5 Å². The maximum atomic E-state index is 14.1. The van der Waals surface area contributed by atoms with Crippen LogP contribution in [0.15, 0.2) is 78.4 Å². The van der Waals surface area contributed by atoms with E-state index in [2.05, 4.69) is 5.32 Å². The number of methoxy groups -OCH3 is 2. The Morgan fingerprint density at radius 3 is 2.50 bits per heavy atom. The molecule has 2 atom stereocenters. The van der Waals surface area contributed by atoms with Crippen LogP contribution in [-0.2, 0) is 27.4 Å². The van der Waals surface area contributed by atoms with Crippen LogP contribution in [0.5, 0.6) is 17.2 Å². The summed E-state index contributed by atoms with van der Waals surface area (Å²) in [5, 5.41) is 3.63. The third kappa shape index (κ3) is 8.27. The highest BCUT2D eigenvalue weighted by Crippen LogP contribution is 2.35. The third-order valence-electron chi connectivity index (χ3n) is 8.65. The maximum Gasteiger partial charge on any atom is 0.251 e. The van der Waals surface area contributed by atoms with Crippen LogP contribution in [0.1, 0.15) is 36.5 Å². The molecule has 5 rings (SSSR count). The van der Waals surface area contributed by atoms with Crippen LogP contribution in [0.25, 0.3) is 5.57 Å². The molecule has 1 saturated heterocycles. The molecule has 2 aliphatic heterocycles. The summed E-state index contributed by atoms with van der Waals surface area (Å²) >= 11 is 0. The van der Waals surface area contributed by atoms with Crippen molar-refractivity contribution in [3.63, 3.8) is 0 Å². The van der Waals surface area contributed by atoms with Gasteiger partial charge in [0.05, 0.1) is 40.1 Å². The van der Waals surface area contributed by atoms with Crippen LogP contribution in [-0.4, -0.2) is 87.8 Å². The smallest absolute Gasteiger partial charge is 0.251 e. The molecule has 2 heterocycles. The van der Waals surface area contributed by atoms with Crippen molar-refractivity contribution in [1.29, 1.82) is 0 Å². The molecule has 0 aliphatic carbocycles. The number of hydrogen-bond acceptors (Lipinski definition) is 7. The van der Waals surface area contributed by atoms with Gasteiger partial charge in [-0.05, 0) is 59.9 Å². The molecule has 2 amide bonds. The number of likely N-dealkylation sites (N-methyl/N-ethyl adjacent to an activating group) is 1. The van der Waals surface area contributed by atoms with Gasteiger partial charge < -0.3 is 34.1 Å². The quantitative estimate of drug-likeness (QED) is 0.259. The molecule has 2 aliphatic rings. The highest BCUT2D eigenvalue weighted by molar-refractivity contribution is 6.03. The van der Waals surface area contributed by atoms with Crippen molar-refractivity contribution in [3.05, 3.63) is 95.1 Å². The number of piperazine rings is 1. The summed E-state index contributed by atoms with van der Waals surface area (Å²) in [6.07, 6.45) is 2.12. The SMILES string of the molecule is COc1cccc(CCN(C)C(=O)C2=C(c3ccc(OCCCOCc4ccccc4OC)cc3)C[C@@H]3CN(C(C)=O)C[C@H]2N3)c1. The summed E-state index contributed by atoms with van der Waals surface area (Å²) in [5.41, 5.74) is 4.90. The van der Waals surface area contributed by atoms with Crippen LogP contribution < -0.4 is 19.5 Å². The van der Waals surface area contributed by atoms with Gasteiger partial charge in [-0.1, -0.05) is 42.5 Å². The normalized spacial score (nSPS) is 17.4. The van der Waals surface area contributed by atoms with E-state index in [4.69, 9.17) is 18.9 Å². The van der Waals surface area contributed by atoms with Crippen molar-refractivity contribution >= 4 is 17.4 Å². The van der Waals surface area contributed by atoms with Gasteiger partial charge in [0, 0.05) is 57.2 Å². The molecule has 2 bridgehead atoms. The molecule has 0 saturated carbocycles. The molecule has 9 nitrogen and oxygen atoms in total. The van der Waals surface area contributed by atoms with Crippen LogP contribution in [0.3, 0.4) is 0 Å². The average molecular weight is 628 g/mol. The highest BCUT2D eigenvalue weighted by atomic mass is 16.5.